The first-order valence-electron chi connectivity index (χ1n) is 3.99. The number of hydrogen-bond donors (Lipinski definition) is 3. The van der Waals surface area contributed by atoms with E-state index >= 15 is 0 Å². The Balaban J connectivity index is 3.13. The van der Waals surface area contributed by atoms with Crippen molar-refractivity contribution in [3.05, 3.63) is 29.6 Å². The first-order chi connectivity index (χ1) is 7.34. The third kappa shape index (κ3) is 3.04. The average Bonchev–Trinajstić information content (AvgIpc) is 2.19. The van der Waals surface area contributed by atoms with Gasteiger partial charge in [0.1, 0.15) is 5.82 Å². The van der Waals surface area contributed by atoms with Crippen LogP contribution in [-0.4, -0.2) is 5.11 Å². The van der Waals surface area contributed by atoms with Crippen molar-refractivity contribution in [3.63, 3.8) is 0 Å². The van der Waals surface area contributed by atoms with E-state index in [9.17, 15) is 17.6 Å². The Labute approximate surface area is 93.6 Å². The number of thiocarbonyl (C=S) groups is 1. The molecule has 1 aromatic rings. The minimum atomic E-state index is -4.67. The number of anilines is 1. The number of nitrogens with one attached hydrogen (secondary N) is 2. The molecule has 0 unspecified atom stereocenters. The van der Waals surface area contributed by atoms with E-state index in [-0.39, 0.29) is 10.8 Å². The van der Waals surface area contributed by atoms with Crippen LogP contribution in [0.15, 0.2) is 18.2 Å². The minimum absolute atomic E-state index is 0.197. The molecular weight excluding hydrogens is 246 g/mol. The van der Waals surface area contributed by atoms with Crippen LogP contribution in [-0.2, 0) is 6.18 Å². The van der Waals surface area contributed by atoms with E-state index in [4.69, 9.17) is 5.84 Å². The molecule has 0 fully saturated rings. The average molecular weight is 253 g/mol. The van der Waals surface area contributed by atoms with Crippen LogP contribution >= 0.6 is 12.2 Å². The van der Waals surface area contributed by atoms with Crippen molar-refractivity contribution in [1.82, 2.24) is 5.43 Å². The van der Waals surface area contributed by atoms with Crippen LogP contribution < -0.4 is 16.6 Å². The molecule has 0 radical (unpaired) electrons. The van der Waals surface area contributed by atoms with E-state index in [1.54, 1.807) is 0 Å². The molecule has 0 saturated carbocycles. The zero-order chi connectivity index (χ0) is 12.3. The lowest BCUT2D eigenvalue weighted by Crippen LogP contribution is -2.34. The third-order valence-electron chi connectivity index (χ3n) is 1.67. The summed E-state index contributed by atoms with van der Waals surface area (Å²) in [5, 5.41) is 2.01. The Bertz CT molecular complexity index is 405. The lowest BCUT2D eigenvalue weighted by molar-refractivity contribution is -0.137. The lowest BCUT2D eigenvalue weighted by atomic mass is 10.1. The van der Waals surface area contributed by atoms with Crippen LogP contribution in [0.2, 0.25) is 0 Å². The maximum atomic E-state index is 12.7. The van der Waals surface area contributed by atoms with Gasteiger partial charge < -0.3 is 10.7 Å². The number of benzene rings is 1. The Hall–Kier alpha value is -1.41. The predicted molar refractivity (Wildman–Crippen MR) is 54.9 cm³/mol. The number of hydrogen-bond acceptors (Lipinski definition) is 2. The van der Waals surface area contributed by atoms with Gasteiger partial charge in [-0.05, 0) is 30.4 Å². The summed E-state index contributed by atoms with van der Waals surface area (Å²) in [5.41, 5.74) is 0.454. The topological polar surface area (TPSA) is 50.1 Å². The van der Waals surface area contributed by atoms with Gasteiger partial charge in [0, 0.05) is 0 Å². The smallest absolute Gasteiger partial charge is 0.331 e. The molecule has 0 spiro atoms. The first kappa shape index (κ1) is 12.7. The summed E-state index contributed by atoms with van der Waals surface area (Å²) >= 11 is 4.54. The van der Waals surface area contributed by atoms with Crippen LogP contribution in [0.4, 0.5) is 23.2 Å². The summed E-state index contributed by atoms with van der Waals surface area (Å²) in [6.07, 6.45) is -4.67. The highest BCUT2D eigenvalue weighted by Gasteiger charge is 2.34. The van der Waals surface area contributed by atoms with Gasteiger partial charge in [0.05, 0.1) is 11.3 Å². The van der Waals surface area contributed by atoms with Gasteiger partial charge in [0.15, 0.2) is 5.11 Å². The van der Waals surface area contributed by atoms with Gasteiger partial charge in [-0.15, -0.1) is 0 Å². The Morgan fingerprint density at radius 1 is 1.31 bits per heavy atom. The summed E-state index contributed by atoms with van der Waals surface area (Å²) in [4.78, 5) is 0. The van der Waals surface area contributed by atoms with E-state index in [0.29, 0.717) is 6.07 Å². The van der Waals surface area contributed by atoms with Crippen molar-refractivity contribution in [1.29, 1.82) is 0 Å². The molecule has 0 atom stereocenters. The number of halogens is 4. The second kappa shape index (κ2) is 4.62. The van der Waals surface area contributed by atoms with Gasteiger partial charge in [0.25, 0.3) is 0 Å². The SMILES string of the molecule is NNC(=S)Nc1ccc(F)cc1C(F)(F)F. The molecule has 0 bridgehead atoms. The van der Waals surface area contributed by atoms with Gasteiger partial charge in [0.2, 0.25) is 0 Å². The van der Waals surface area contributed by atoms with Crippen LogP contribution in [0.3, 0.4) is 0 Å². The van der Waals surface area contributed by atoms with Gasteiger partial charge >= 0.3 is 6.18 Å². The highest BCUT2D eigenvalue weighted by Crippen LogP contribution is 2.35. The molecule has 16 heavy (non-hydrogen) atoms. The fraction of sp³-hybridized carbons (Fsp3) is 0.125. The largest absolute Gasteiger partial charge is 0.418 e. The van der Waals surface area contributed by atoms with Gasteiger partial charge in [-0.3, -0.25) is 0 Å². The van der Waals surface area contributed by atoms with Crippen molar-refractivity contribution in [2.75, 3.05) is 5.32 Å². The molecule has 0 aromatic heterocycles. The molecule has 0 aliphatic rings. The van der Waals surface area contributed by atoms with E-state index < -0.39 is 17.6 Å². The standard InChI is InChI=1S/C8H7F4N3S/c9-4-1-2-6(14-7(16)15-13)5(3-4)8(10,11)12/h1-3H,13H2,(H2,14,15,16). The van der Waals surface area contributed by atoms with Gasteiger partial charge in [-0.25, -0.2) is 10.2 Å². The maximum absolute atomic E-state index is 12.7. The molecule has 88 valence electrons. The molecule has 0 heterocycles. The van der Waals surface area contributed by atoms with Crippen LogP contribution in [0.5, 0.6) is 0 Å². The van der Waals surface area contributed by atoms with Crippen LogP contribution in [0.25, 0.3) is 0 Å². The number of alkyl halides is 3. The van der Waals surface area contributed by atoms with E-state index in [1.165, 1.54) is 0 Å². The second-order valence-corrected chi connectivity index (χ2v) is 3.19. The summed E-state index contributed by atoms with van der Waals surface area (Å²) in [6.45, 7) is 0. The molecule has 1 rings (SSSR count). The van der Waals surface area contributed by atoms with Crippen LogP contribution in [0, 0.1) is 5.82 Å². The molecule has 0 amide bonds. The van der Waals surface area contributed by atoms with E-state index in [1.807, 2.05) is 5.43 Å². The first-order valence-corrected chi connectivity index (χ1v) is 4.40. The summed E-state index contributed by atoms with van der Waals surface area (Å²) in [7, 11) is 0. The fourth-order valence-corrected chi connectivity index (χ4v) is 1.13. The fourth-order valence-electron chi connectivity index (χ4n) is 1.02. The molecule has 3 nitrogen and oxygen atoms in total. The Kier molecular flexibility index (Phi) is 3.66. The highest BCUT2D eigenvalue weighted by molar-refractivity contribution is 7.80. The molecule has 8 heteroatoms. The Morgan fingerprint density at radius 3 is 2.44 bits per heavy atom. The van der Waals surface area contributed by atoms with Crippen molar-refractivity contribution in [2.45, 2.75) is 6.18 Å². The Morgan fingerprint density at radius 2 is 1.94 bits per heavy atom. The number of rotatable bonds is 1. The minimum Gasteiger partial charge on any atom is -0.331 e. The van der Waals surface area contributed by atoms with Gasteiger partial charge in [-0.2, -0.15) is 13.2 Å². The molecule has 0 saturated heterocycles. The summed E-state index contributed by atoms with van der Waals surface area (Å²) in [6, 6.07) is 2.19. The normalized spacial score (nSPS) is 11.1. The lowest BCUT2D eigenvalue weighted by Gasteiger charge is -2.14. The molecule has 4 N–H and O–H groups in total. The number of hydrazine groups is 1. The van der Waals surface area contributed by atoms with Crippen molar-refractivity contribution < 1.29 is 17.6 Å². The predicted octanol–water partition coefficient (Wildman–Crippen LogP) is 2.00. The zero-order valence-electron chi connectivity index (χ0n) is 7.73. The van der Waals surface area contributed by atoms with Gasteiger partial charge in [-0.1, -0.05) is 0 Å². The maximum Gasteiger partial charge on any atom is 0.418 e. The molecular formula is C8H7F4N3S. The monoisotopic (exact) mass is 253 g/mol. The highest BCUT2D eigenvalue weighted by atomic mass is 32.1. The van der Waals surface area contributed by atoms with E-state index in [0.717, 1.165) is 12.1 Å². The molecule has 0 aliphatic heterocycles. The third-order valence-corrected chi connectivity index (χ3v) is 1.89. The second-order valence-electron chi connectivity index (χ2n) is 2.79. The number of nitrogens with two attached hydrogens (primary N) is 1. The molecule has 0 aliphatic carbocycles. The summed E-state index contributed by atoms with van der Waals surface area (Å²) in [5.74, 6) is 3.92. The van der Waals surface area contributed by atoms with Crippen molar-refractivity contribution in [2.24, 2.45) is 5.84 Å². The quantitative estimate of drug-likeness (QED) is 0.310. The zero-order valence-corrected chi connectivity index (χ0v) is 8.55. The van der Waals surface area contributed by atoms with Crippen molar-refractivity contribution in [3.8, 4) is 0 Å². The van der Waals surface area contributed by atoms with Crippen molar-refractivity contribution >= 4 is 23.0 Å². The van der Waals surface area contributed by atoms with Crippen LogP contribution in [0.1, 0.15) is 5.56 Å². The summed E-state index contributed by atoms with van der Waals surface area (Å²) < 4.78 is 50.1. The van der Waals surface area contributed by atoms with E-state index in [2.05, 4.69) is 17.5 Å². The molecule has 1 aromatic carbocycles.